The van der Waals surface area contributed by atoms with Crippen LogP contribution in [-0.4, -0.2) is 63.8 Å². The lowest BCUT2D eigenvalue weighted by Crippen LogP contribution is -2.45. The van der Waals surface area contributed by atoms with E-state index >= 15 is 0 Å². The van der Waals surface area contributed by atoms with Crippen LogP contribution in [0.2, 0.25) is 0 Å². The molecule has 1 saturated heterocycles. The van der Waals surface area contributed by atoms with Crippen molar-refractivity contribution in [2.75, 3.05) is 26.7 Å². The Labute approximate surface area is 107 Å². The van der Waals surface area contributed by atoms with Crippen LogP contribution in [0.25, 0.3) is 0 Å². The van der Waals surface area contributed by atoms with E-state index in [1.807, 2.05) is 7.05 Å². The van der Waals surface area contributed by atoms with Gasteiger partial charge in [-0.15, -0.1) is 0 Å². The second-order valence-electron chi connectivity index (χ2n) is 4.84. The summed E-state index contributed by atoms with van der Waals surface area (Å²) in [5.74, 6) is -0.0438. The summed E-state index contributed by atoms with van der Waals surface area (Å²) in [4.78, 5) is 16.4. The molecule has 1 aromatic rings. The molecule has 2 heterocycles. The topological polar surface area (TPSA) is 65.1 Å². The Kier molecular flexibility index (Phi) is 4.30. The number of carbonyl (C=O) groups excluding carboxylic acids is 1. The molecule has 1 aliphatic heterocycles. The van der Waals surface area contributed by atoms with Crippen molar-refractivity contribution in [3.8, 4) is 0 Å². The Bertz CT molecular complexity index is 370. The molecule has 1 fully saturated rings. The zero-order chi connectivity index (χ0) is 13.0. The maximum Gasteiger partial charge on any atom is 0.276 e. The molecule has 1 N–H and O–H groups in total. The second kappa shape index (κ2) is 5.95. The summed E-state index contributed by atoms with van der Waals surface area (Å²) in [5.41, 5.74) is 0.397. The molecule has 6 nitrogen and oxygen atoms in total. The van der Waals surface area contributed by atoms with Gasteiger partial charge >= 0.3 is 0 Å². The number of rotatable bonds is 4. The molecule has 1 amide bonds. The summed E-state index contributed by atoms with van der Waals surface area (Å²) in [6, 6.07) is 0.322. The first-order valence-electron chi connectivity index (χ1n) is 6.57. The molecule has 0 aromatic carbocycles. The van der Waals surface area contributed by atoms with Gasteiger partial charge in [-0.1, -0.05) is 6.92 Å². The van der Waals surface area contributed by atoms with E-state index in [2.05, 4.69) is 27.2 Å². The van der Waals surface area contributed by atoms with Crippen LogP contribution < -0.4 is 0 Å². The predicted molar refractivity (Wildman–Crippen MR) is 68.2 cm³/mol. The lowest BCUT2D eigenvalue weighted by Gasteiger charge is -2.36. The number of hydrogen-bond donors (Lipinski definition) is 1. The summed E-state index contributed by atoms with van der Waals surface area (Å²) >= 11 is 0. The first-order valence-corrected chi connectivity index (χ1v) is 6.57. The molecule has 6 heteroatoms. The van der Waals surface area contributed by atoms with E-state index in [1.54, 1.807) is 4.90 Å². The van der Waals surface area contributed by atoms with Gasteiger partial charge in [-0.25, -0.2) is 0 Å². The summed E-state index contributed by atoms with van der Waals surface area (Å²) in [5, 5.41) is 9.99. The normalized spacial score (nSPS) is 17.9. The zero-order valence-corrected chi connectivity index (χ0v) is 11.1. The van der Waals surface area contributed by atoms with Gasteiger partial charge in [0.2, 0.25) is 0 Å². The highest BCUT2D eigenvalue weighted by molar-refractivity contribution is 5.91. The molecule has 0 spiro atoms. The summed E-state index contributed by atoms with van der Waals surface area (Å²) in [6.45, 7) is 5.52. The lowest BCUT2D eigenvalue weighted by molar-refractivity contribution is 0.0637. The predicted octanol–water partition coefficient (Wildman–Crippen LogP) is 0.751. The number of aromatic nitrogens is 3. The third kappa shape index (κ3) is 2.87. The highest BCUT2D eigenvalue weighted by Gasteiger charge is 2.26. The van der Waals surface area contributed by atoms with Crippen LogP contribution in [0.15, 0.2) is 6.20 Å². The smallest absolute Gasteiger partial charge is 0.276 e. The number of H-pyrrole nitrogens is 1. The minimum absolute atomic E-state index is 0.0438. The van der Waals surface area contributed by atoms with E-state index in [0.29, 0.717) is 11.7 Å². The number of carbonyl (C=O) groups is 1. The molecule has 2 rings (SSSR count). The standard InChI is InChI=1S/C12H21N5O/c1-3-6-17-7-4-10(5-8-17)16(2)12(18)11-9-13-15-14-11/h9-10H,3-8H2,1-2H3,(H,13,14,15). The van der Waals surface area contributed by atoms with Crippen LogP contribution in [0.5, 0.6) is 0 Å². The van der Waals surface area contributed by atoms with Gasteiger partial charge in [-0.05, 0) is 25.8 Å². The molecule has 0 unspecified atom stereocenters. The SMILES string of the molecule is CCCN1CCC(N(C)C(=O)c2cn[nH]n2)CC1. The van der Waals surface area contributed by atoms with Crippen molar-refractivity contribution < 1.29 is 4.79 Å². The highest BCUT2D eigenvalue weighted by atomic mass is 16.2. The third-order valence-corrected chi connectivity index (χ3v) is 3.60. The number of hydrogen-bond acceptors (Lipinski definition) is 4. The fourth-order valence-corrected chi connectivity index (χ4v) is 2.50. The van der Waals surface area contributed by atoms with Gasteiger partial charge in [0.1, 0.15) is 0 Å². The molecule has 1 aromatic heterocycles. The number of likely N-dealkylation sites (tertiary alicyclic amines) is 1. The van der Waals surface area contributed by atoms with Gasteiger partial charge in [-0.3, -0.25) is 4.79 Å². The van der Waals surface area contributed by atoms with Crippen molar-refractivity contribution in [2.24, 2.45) is 0 Å². The number of piperidine rings is 1. The molecule has 0 radical (unpaired) electrons. The zero-order valence-electron chi connectivity index (χ0n) is 11.1. The molecule has 0 atom stereocenters. The fourth-order valence-electron chi connectivity index (χ4n) is 2.50. The van der Waals surface area contributed by atoms with Crippen molar-refractivity contribution in [2.45, 2.75) is 32.2 Å². The number of amides is 1. The largest absolute Gasteiger partial charge is 0.337 e. The molecule has 18 heavy (non-hydrogen) atoms. The Balaban J connectivity index is 1.87. The Morgan fingerprint density at radius 1 is 1.56 bits per heavy atom. The average molecular weight is 251 g/mol. The van der Waals surface area contributed by atoms with Crippen molar-refractivity contribution in [1.29, 1.82) is 0 Å². The average Bonchev–Trinajstić information content (AvgIpc) is 2.92. The summed E-state index contributed by atoms with van der Waals surface area (Å²) in [6.07, 6.45) is 4.75. The van der Waals surface area contributed by atoms with Crippen LogP contribution in [-0.2, 0) is 0 Å². The monoisotopic (exact) mass is 251 g/mol. The Morgan fingerprint density at radius 2 is 2.28 bits per heavy atom. The maximum absolute atomic E-state index is 12.1. The van der Waals surface area contributed by atoms with E-state index in [-0.39, 0.29) is 5.91 Å². The quantitative estimate of drug-likeness (QED) is 0.857. The van der Waals surface area contributed by atoms with Crippen LogP contribution in [0, 0.1) is 0 Å². The van der Waals surface area contributed by atoms with Crippen molar-refractivity contribution in [1.82, 2.24) is 25.2 Å². The molecule has 0 saturated carbocycles. The van der Waals surface area contributed by atoms with Crippen molar-refractivity contribution in [3.63, 3.8) is 0 Å². The minimum atomic E-state index is -0.0438. The van der Waals surface area contributed by atoms with Gasteiger partial charge < -0.3 is 9.80 Å². The van der Waals surface area contributed by atoms with Crippen LogP contribution >= 0.6 is 0 Å². The summed E-state index contributed by atoms with van der Waals surface area (Å²) in [7, 11) is 1.86. The molecule has 1 aliphatic rings. The van der Waals surface area contributed by atoms with E-state index in [1.165, 1.54) is 12.6 Å². The van der Waals surface area contributed by atoms with E-state index < -0.39 is 0 Å². The van der Waals surface area contributed by atoms with Crippen molar-refractivity contribution in [3.05, 3.63) is 11.9 Å². The van der Waals surface area contributed by atoms with E-state index in [0.717, 1.165) is 32.5 Å². The molecular weight excluding hydrogens is 230 g/mol. The van der Waals surface area contributed by atoms with E-state index in [4.69, 9.17) is 0 Å². The molecule has 0 aliphatic carbocycles. The number of nitrogens with zero attached hydrogens (tertiary/aromatic N) is 4. The van der Waals surface area contributed by atoms with Crippen LogP contribution in [0.1, 0.15) is 36.7 Å². The first kappa shape index (κ1) is 13.0. The van der Waals surface area contributed by atoms with Gasteiger partial charge in [0, 0.05) is 26.2 Å². The Hall–Kier alpha value is -1.43. The van der Waals surface area contributed by atoms with Gasteiger partial charge in [-0.2, -0.15) is 15.4 Å². The number of nitrogens with one attached hydrogen (secondary N) is 1. The minimum Gasteiger partial charge on any atom is -0.337 e. The third-order valence-electron chi connectivity index (χ3n) is 3.60. The molecule has 0 bridgehead atoms. The highest BCUT2D eigenvalue weighted by Crippen LogP contribution is 2.16. The van der Waals surface area contributed by atoms with Crippen LogP contribution in [0.3, 0.4) is 0 Å². The van der Waals surface area contributed by atoms with E-state index in [9.17, 15) is 4.79 Å². The number of aromatic amines is 1. The lowest BCUT2D eigenvalue weighted by atomic mass is 10.0. The van der Waals surface area contributed by atoms with Gasteiger partial charge in [0.15, 0.2) is 5.69 Å². The van der Waals surface area contributed by atoms with Gasteiger partial charge in [0.25, 0.3) is 5.91 Å². The van der Waals surface area contributed by atoms with Gasteiger partial charge in [0.05, 0.1) is 6.20 Å². The fraction of sp³-hybridized carbons (Fsp3) is 0.750. The summed E-state index contributed by atoms with van der Waals surface area (Å²) < 4.78 is 0. The molecular formula is C12H21N5O. The van der Waals surface area contributed by atoms with Crippen molar-refractivity contribution >= 4 is 5.91 Å². The molecule has 100 valence electrons. The second-order valence-corrected chi connectivity index (χ2v) is 4.84. The first-order chi connectivity index (χ1) is 8.72. The maximum atomic E-state index is 12.1. The Morgan fingerprint density at radius 3 is 2.83 bits per heavy atom. The van der Waals surface area contributed by atoms with Crippen LogP contribution in [0.4, 0.5) is 0 Å².